The summed E-state index contributed by atoms with van der Waals surface area (Å²) in [5.74, 6) is 1.23. The van der Waals surface area contributed by atoms with Crippen LogP contribution in [0.1, 0.15) is 43.4 Å². The fourth-order valence-electron chi connectivity index (χ4n) is 3.79. The zero-order chi connectivity index (χ0) is 19.3. The fourth-order valence-corrected chi connectivity index (χ4v) is 5.65. The van der Waals surface area contributed by atoms with Gasteiger partial charge in [-0.3, -0.25) is 14.2 Å². The molecule has 7 heteroatoms. The molecule has 2 aliphatic rings. The highest BCUT2D eigenvalue weighted by Gasteiger charge is 2.23. The van der Waals surface area contributed by atoms with Crippen LogP contribution in [0.15, 0.2) is 45.2 Å². The lowest BCUT2D eigenvalue weighted by molar-refractivity contribution is -0.119. The Hall–Kier alpha value is -1.73. The van der Waals surface area contributed by atoms with Crippen LogP contribution in [0.3, 0.4) is 0 Å². The predicted octanol–water partition coefficient (Wildman–Crippen LogP) is 3.48. The molecule has 1 fully saturated rings. The Kier molecular flexibility index (Phi) is 6.42. The van der Waals surface area contributed by atoms with Crippen molar-refractivity contribution < 1.29 is 4.79 Å². The second-order valence-electron chi connectivity index (χ2n) is 7.34. The van der Waals surface area contributed by atoms with Crippen molar-refractivity contribution in [3.63, 3.8) is 0 Å². The van der Waals surface area contributed by atoms with E-state index in [0.717, 1.165) is 41.2 Å². The zero-order valence-electron chi connectivity index (χ0n) is 15.9. The first-order valence-corrected chi connectivity index (χ1v) is 11.9. The normalized spacial score (nSPS) is 16.7. The minimum Gasteiger partial charge on any atom is -0.353 e. The van der Waals surface area contributed by atoms with Gasteiger partial charge in [-0.05, 0) is 18.4 Å². The highest BCUT2D eigenvalue weighted by Crippen LogP contribution is 2.29. The highest BCUT2D eigenvalue weighted by atomic mass is 32.2. The van der Waals surface area contributed by atoms with Crippen LogP contribution in [-0.4, -0.2) is 33.0 Å². The van der Waals surface area contributed by atoms with E-state index in [1.54, 1.807) is 16.3 Å². The average molecular weight is 416 g/mol. The third kappa shape index (κ3) is 4.63. The van der Waals surface area contributed by atoms with Crippen molar-refractivity contribution in [2.45, 2.75) is 61.2 Å². The van der Waals surface area contributed by atoms with E-state index in [2.05, 4.69) is 5.32 Å². The summed E-state index contributed by atoms with van der Waals surface area (Å²) in [5.41, 5.74) is 1.96. The van der Waals surface area contributed by atoms with Crippen molar-refractivity contribution in [2.75, 3.05) is 11.5 Å². The van der Waals surface area contributed by atoms with Crippen molar-refractivity contribution >= 4 is 29.4 Å². The van der Waals surface area contributed by atoms with Crippen molar-refractivity contribution in [3.05, 3.63) is 51.9 Å². The van der Waals surface area contributed by atoms with E-state index in [0.29, 0.717) is 23.5 Å². The number of aryl methyl sites for hydroxylation is 1. The van der Waals surface area contributed by atoms with Crippen LogP contribution in [0, 0.1) is 0 Å². The topological polar surface area (TPSA) is 64.0 Å². The van der Waals surface area contributed by atoms with Crippen LogP contribution >= 0.6 is 23.5 Å². The Morgan fingerprint density at radius 1 is 1.21 bits per heavy atom. The molecule has 2 heterocycles. The molecule has 1 aromatic carbocycles. The molecule has 1 aliphatic heterocycles. The number of amides is 1. The number of aromatic nitrogens is 2. The lowest BCUT2D eigenvalue weighted by Crippen LogP contribution is -2.37. The first-order chi connectivity index (χ1) is 13.7. The summed E-state index contributed by atoms with van der Waals surface area (Å²) >= 11 is 2.96. The lowest BCUT2D eigenvalue weighted by atomic mass is 9.95. The first-order valence-electron chi connectivity index (χ1n) is 9.93. The predicted molar refractivity (Wildman–Crippen MR) is 114 cm³/mol. The van der Waals surface area contributed by atoms with Gasteiger partial charge in [0.05, 0.1) is 22.9 Å². The second kappa shape index (κ2) is 9.18. The van der Waals surface area contributed by atoms with E-state index in [9.17, 15) is 9.59 Å². The van der Waals surface area contributed by atoms with Gasteiger partial charge < -0.3 is 5.32 Å². The van der Waals surface area contributed by atoms with Gasteiger partial charge >= 0.3 is 0 Å². The summed E-state index contributed by atoms with van der Waals surface area (Å²) in [7, 11) is 0. The minimum absolute atomic E-state index is 0.0199. The van der Waals surface area contributed by atoms with Gasteiger partial charge in [0, 0.05) is 18.2 Å². The number of rotatable bonds is 6. The number of carbonyl (C=O) groups excluding carboxylic acids is 1. The Bertz CT molecular complexity index is 893. The summed E-state index contributed by atoms with van der Waals surface area (Å²) in [6.45, 7) is 0.479. The first kappa shape index (κ1) is 19.6. The molecule has 0 unspecified atom stereocenters. The molecular weight excluding hydrogens is 390 g/mol. The van der Waals surface area contributed by atoms with Crippen molar-refractivity contribution in [3.8, 4) is 0 Å². The van der Waals surface area contributed by atoms with Gasteiger partial charge in [0.15, 0.2) is 5.16 Å². The second-order valence-corrected chi connectivity index (χ2v) is 9.38. The Morgan fingerprint density at radius 3 is 2.79 bits per heavy atom. The van der Waals surface area contributed by atoms with Crippen LogP contribution in [0.2, 0.25) is 0 Å². The molecule has 0 saturated heterocycles. The Morgan fingerprint density at radius 2 is 2.00 bits per heavy atom. The van der Waals surface area contributed by atoms with E-state index in [1.165, 1.54) is 31.0 Å². The molecule has 5 nitrogen and oxygen atoms in total. The maximum absolute atomic E-state index is 13.0. The largest absolute Gasteiger partial charge is 0.353 e. The van der Waals surface area contributed by atoms with Crippen LogP contribution in [0.4, 0.5) is 0 Å². The van der Waals surface area contributed by atoms with Crippen LogP contribution in [-0.2, 0) is 17.8 Å². The van der Waals surface area contributed by atoms with Gasteiger partial charge in [0.1, 0.15) is 0 Å². The van der Waals surface area contributed by atoms with Crippen molar-refractivity contribution in [1.29, 1.82) is 0 Å². The molecule has 0 spiro atoms. The van der Waals surface area contributed by atoms with Crippen LogP contribution in [0.5, 0.6) is 0 Å². The molecule has 1 aromatic heterocycles. The molecule has 2 aromatic rings. The van der Waals surface area contributed by atoms with Crippen LogP contribution in [0.25, 0.3) is 0 Å². The number of carbonyl (C=O) groups is 1. The standard InChI is InChI=1S/C21H25N3O2S2/c25-18(22-16-9-5-2-6-10-16)14-28-21-23-17-11-12-27-19(17)20(26)24(21)13-15-7-3-1-4-8-15/h1,3-4,7-8,16H,2,5-6,9-14H2,(H,22,25). The number of thioether (sulfide) groups is 2. The molecule has 148 valence electrons. The van der Waals surface area contributed by atoms with Gasteiger partial charge in [-0.2, -0.15) is 0 Å². The number of hydrogen-bond donors (Lipinski definition) is 1. The molecule has 0 radical (unpaired) electrons. The molecule has 1 N–H and O–H groups in total. The molecule has 0 atom stereocenters. The highest BCUT2D eigenvalue weighted by molar-refractivity contribution is 8.00. The molecule has 1 saturated carbocycles. The molecule has 1 amide bonds. The van der Waals surface area contributed by atoms with E-state index >= 15 is 0 Å². The van der Waals surface area contributed by atoms with E-state index in [1.807, 2.05) is 30.3 Å². The molecular formula is C21H25N3O2S2. The smallest absolute Gasteiger partial charge is 0.268 e. The SMILES string of the molecule is O=C(CSc1nc2c(c(=O)n1Cc1ccccc1)SCC2)NC1CCCCC1. The Labute approximate surface area is 173 Å². The van der Waals surface area contributed by atoms with Gasteiger partial charge in [-0.1, -0.05) is 61.4 Å². The van der Waals surface area contributed by atoms with Crippen LogP contribution < -0.4 is 10.9 Å². The number of benzene rings is 1. The summed E-state index contributed by atoms with van der Waals surface area (Å²) in [5, 5.41) is 3.79. The van der Waals surface area contributed by atoms with Gasteiger partial charge in [-0.25, -0.2) is 4.98 Å². The number of nitrogens with one attached hydrogen (secondary N) is 1. The van der Waals surface area contributed by atoms with Crippen molar-refractivity contribution in [1.82, 2.24) is 14.9 Å². The Balaban J connectivity index is 1.51. The van der Waals surface area contributed by atoms with Crippen molar-refractivity contribution in [2.24, 2.45) is 0 Å². The monoisotopic (exact) mass is 415 g/mol. The molecule has 1 aliphatic carbocycles. The van der Waals surface area contributed by atoms with Gasteiger partial charge in [0.25, 0.3) is 5.56 Å². The third-order valence-electron chi connectivity index (χ3n) is 5.23. The van der Waals surface area contributed by atoms with E-state index in [-0.39, 0.29) is 11.5 Å². The van der Waals surface area contributed by atoms with E-state index < -0.39 is 0 Å². The lowest BCUT2D eigenvalue weighted by Gasteiger charge is -2.22. The van der Waals surface area contributed by atoms with Gasteiger partial charge in [-0.15, -0.1) is 11.8 Å². The van der Waals surface area contributed by atoms with E-state index in [4.69, 9.17) is 4.98 Å². The maximum Gasteiger partial charge on any atom is 0.268 e. The fraction of sp³-hybridized carbons (Fsp3) is 0.476. The summed E-state index contributed by atoms with van der Waals surface area (Å²) < 4.78 is 1.73. The number of nitrogens with zero attached hydrogens (tertiary/aromatic N) is 2. The van der Waals surface area contributed by atoms with Gasteiger partial charge in [0.2, 0.25) is 5.91 Å². The maximum atomic E-state index is 13.0. The summed E-state index contributed by atoms with van der Waals surface area (Å²) in [6, 6.07) is 10.2. The summed E-state index contributed by atoms with van der Waals surface area (Å²) in [4.78, 5) is 31.0. The number of hydrogen-bond acceptors (Lipinski definition) is 5. The summed E-state index contributed by atoms with van der Waals surface area (Å²) in [6.07, 6.45) is 6.62. The third-order valence-corrected chi connectivity index (χ3v) is 7.32. The molecule has 28 heavy (non-hydrogen) atoms. The zero-order valence-corrected chi connectivity index (χ0v) is 17.5. The molecule has 0 bridgehead atoms. The quantitative estimate of drug-likeness (QED) is 0.578. The number of fused-ring (bicyclic) bond motifs is 1. The minimum atomic E-state index is 0.0199. The molecule has 4 rings (SSSR count). The average Bonchev–Trinajstić information content (AvgIpc) is 3.19.